The summed E-state index contributed by atoms with van der Waals surface area (Å²) >= 11 is 0. The molecule has 82 valence electrons. The molecule has 2 N–H and O–H groups in total. The number of nitrogens with two attached hydrogens (primary N) is 1. The van der Waals surface area contributed by atoms with Gasteiger partial charge in [0.15, 0.2) is 5.78 Å². The first kappa shape index (κ1) is 11.7. The van der Waals surface area contributed by atoms with Crippen LogP contribution in [0.2, 0.25) is 0 Å². The Morgan fingerprint density at radius 3 is 2.80 bits per heavy atom. The highest BCUT2D eigenvalue weighted by Gasteiger charge is 2.18. The second kappa shape index (κ2) is 4.89. The van der Waals surface area contributed by atoms with Gasteiger partial charge in [-0.1, -0.05) is 6.92 Å². The van der Waals surface area contributed by atoms with Gasteiger partial charge in [0.2, 0.25) is 0 Å². The van der Waals surface area contributed by atoms with Crippen molar-refractivity contribution in [2.75, 3.05) is 7.11 Å². The van der Waals surface area contributed by atoms with E-state index in [2.05, 4.69) is 0 Å². The first-order chi connectivity index (χ1) is 7.10. The molecule has 0 aliphatic carbocycles. The minimum absolute atomic E-state index is 0.201. The van der Waals surface area contributed by atoms with E-state index in [1.54, 1.807) is 6.92 Å². The zero-order valence-corrected chi connectivity index (χ0v) is 8.79. The largest absolute Gasteiger partial charge is 0.496 e. The molecule has 0 spiro atoms. The molecule has 3 nitrogen and oxygen atoms in total. The maximum Gasteiger partial charge on any atom is 0.183 e. The Labute approximate surface area is 88.0 Å². The number of carbonyl (C=O) groups is 1. The van der Waals surface area contributed by atoms with E-state index >= 15 is 0 Å². The molecule has 4 heteroatoms. The van der Waals surface area contributed by atoms with E-state index in [9.17, 15) is 9.18 Å². The summed E-state index contributed by atoms with van der Waals surface area (Å²) in [6.45, 7) is 1.80. The molecule has 1 atom stereocenters. The lowest BCUT2D eigenvalue weighted by Crippen LogP contribution is -2.29. The molecule has 0 aliphatic rings. The van der Waals surface area contributed by atoms with Crippen molar-refractivity contribution in [1.29, 1.82) is 0 Å². The van der Waals surface area contributed by atoms with Crippen molar-refractivity contribution in [2.45, 2.75) is 19.4 Å². The molecule has 0 bridgehead atoms. The Kier molecular flexibility index (Phi) is 3.80. The van der Waals surface area contributed by atoms with Crippen LogP contribution in [0.1, 0.15) is 23.7 Å². The van der Waals surface area contributed by atoms with E-state index in [4.69, 9.17) is 10.5 Å². The number of benzene rings is 1. The second-order valence-electron chi connectivity index (χ2n) is 3.22. The van der Waals surface area contributed by atoms with Crippen molar-refractivity contribution >= 4 is 5.78 Å². The quantitative estimate of drug-likeness (QED) is 0.772. The van der Waals surface area contributed by atoms with Gasteiger partial charge in [-0.15, -0.1) is 0 Å². The smallest absolute Gasteiger partial charge is 0.183 e. The number of rotatable bonds is 4. The summed E-state index contributed by atoms with van der Waals surface area (Å²) in [4.78, 5) is 11.7. The van der Waals surface area contributed by atoms with Gasteiger partial charge in [0.05, 0.1) is 18.7 Å². The van der Waals surface area contributed by atoms with Gasteiger partial charge < -0.3 is 10.5 Å². The Morgan fingerprint density at radius 1 is 1.60 bits per heavy atom. The molecular formula is C11H14FNO2. The van der Waals surface area contributed by atoms with Crippen molar-refractivity contribution < 1.29 is 13.9 Å². The molecule has 0 fully saturated rings. The lowest BCUT2D eigenvalue weighted by atomic mass is 10.0. The standard InChI is InChI=1S/C11H14FNO2/c1-3-9(13)11(14)8-6-7(12)4-5-10(8)15-2/h4-6,9H,3,13H2,1-2H3. The zero-order valence-electron chi connectivity index (χ0n) is 8.79. The van der Waals surface area contributed by atoms with Crippen molar-refractivity contribution in [3.8, 4) is 5.75 Å². The average Bonchev–Trinajstić information content (AvgIpc) is 2.27. The number of halogens is 1. The van der Waals surface area contributed by atoms with Gasteiger partial charge in [-0.3, -0.25) is 4.79 Å². The molecule has 0 heterocycles. The molecule has 15 heavy (non-hydrogen) atoms. The van der Waals surface area contributed by atoms with Crippen molar-refractivity contribution in [1.82, 2.24) is 0 Å². The Balaban J connectivity index is 3.11. The van der Waals surface area contributed by atoms with Gasteiger partial charge in [-0.2, -0.15) is 0 Å². The molecule has 0 saturated carbocycles. The van der Waals surface area contributed by atoms with Crippen LogP contribution < -0.4 is 10.5 Å². The van der Waals surface area contributed by atoms with Gasteiger partial charge in [-0.05, 0) is 24.6 Å². The number of hydrogen-bond donors (Lipinski definition) is 1. The number of Topliss-reactive ketones (excluding diaryl/α,β-unsaturated/α-hetero) is 1. The third-order valence-corrected chi connectivity index (χ3v) is 2.20. The van der Waals surface area contributed by atoms with Crippen LogP contribution in [-0.4, -0.2) is 18.9 Å². The minimum atomic E-state index is -0.610. The topological polar surface area (TPSA) is 52.3 Å². The summed E-state index contributed by atoms with van der Waals surface area (Å²) in [5.74, 6) is -0.415. The Morgan fingerprint density at radius 2 is 2.27 bits per heavy atom. The van der Waals surface area contributed by atoms with Crippen LogP contribution in [0, 0.1) is 5.82 Å². The van der Waals surface area contributed by atoms with Gasteiger partial charge in [0.1, 0.15) is 11.6 Å². The van der Waals surface area contributed by atoms with E-state index in [0.29, 0.717) is 12.2 Å². The Hall–Kier alpha value is -1.42. The van der Waals surface area contributed by atoms with E-state index in [1.165, 1.54) is 19.2 Å². The third kappa shape index (κ3) is 2.53. The monoisotopic (exact) mass is 211 g/mol. The van der Waals surface area contributed by atoms with Crippen LogP contribution in [0.4, 0.5) is 4.39 Å². The molecule has 1 aromatic rings. The summed E-state index contributed by atoms with van der Waals surface area (Å²) in [5.41, 5.74) is 5.80. The predicted octanol–water partition coefficient (Wildman–Crippen LogP) is 1.75. The summed E-state index contributed by atoms with van der Waals surface area (Å²) in [6.07, 6.45) is 0.512. The van der Waals surface area contributed by atoms with Gasteiger partial charge in [-0.25, -0.2) is 4.39 Å². The zero-order chi connectivity index (χ0) is 11.4. The second-order valence-corrected chi connectivity index (χ2v) is 3.22. The van der Waals surface area contributed by atoms with Crippen molar-refractivity contribution in [3.63, 3.8) is 0 Å². The lowest BCUT2D eigenvalue weighted by Gasteiger charge is -2.11. The van der Waals surface area contributed by atoms with E-state index in [-0.39, 0.29) is 11.3 Å². The molecule has 0 radical (unpaired) electrons. The molecule has 1 aromatic carbocycles. The first-order valence-electron chi connectivity index (χ1n) is 4.73. The average molecular weight is 211 g/mol. The highest BCUT2D eigenvalue weighted by Crippen LogP contribution is 2.21. The maximum absolute atomic E-state index is 13.0. The fourth-order valence-corrected chi connectivity index (χ4v) is 1.26. The summed E-state index contributed by atoms with van der Waals surface area (Å²) < 4.78 is 17.9. The molecule has 0 aliphatic heterocycles. The van der Waals surface area contributed by atoms with Crippen molar-refractivity contribution in [2.24, 2.45) is 5.73 Å². The molecule has 0 saturated heterocycles. The van der Waals surface area contributed by atoms with Crippen LogP contribution >= 0.6 is 0 Å². The molecule has 0 aromatic heterocycles. The van der Waals surface area contributed by atoms with Gasteiger partial charge >= 0.3 is 0 Å². The number of carbonyl (C=O) groups excluding carboxylic acids is 1. The van der Waals surface area contributed by atoms with Crippen LogP contribution in [0.3, 0.4) is 0 Å². The van der Waals surface area contributed by atoms with Gasteiger partial charge in [0.25, 0.3) is 0 Å². The highest BCUT2D eigenvalue weighted by molar-refractivity contribution is 6.02. The van der Waals surface area contributed by atoms with E-state index in [1.807, 2.05) is 0 Å². The highest BCUT2D eigenvalue weighted by atomic mass is 19.1. The Bertz CT molecular complexity index is 366. The molecule has 1 rings (SSSR count). The minimum Gasteiger partial charge on any atom is -0.496 e. The first-order valence-corrected chi connectivity index (χ1v) is 4.73. The summed E-state index contributed by atoms with van der Waals surface area (Å²) in [5, 5.41) is 0. The van der Waals surface area contributed by atoms with Crippen LogP contribution in [0.25, 0.3) is 0 Å². The summed E-state index contributed by atoms with van der Waals surface area (Å²) in [7, 11) is 1.43. The normalized spacial score (nSPS) is 12.3. The predicted molar refractivity (Wildman–Crippen MR) is 55.5 cm³/mol. The van der Waals surface area contributed by atoms with Crippen LogP contribution in [0.15, 0.2) is 18.2 Å². The number of ether oxygens (including phenoxy) is 1. The number of ketones is 1. The van der Waals surface area contributed by atoms with Gasteiger partial charge in [0, 0.05) is 0 Å². The lowest BCUT2D eigenvalue weighted by molar-refractivity contribution is 0.0956. The van der Waals surface area contributed by atoms with E-state index in [0.717, 1.165) is 6.07 Å². The maximum atomic E-state index is 13.0. The molecular weight excluding hydrogens is 197 g/mol. The number of methoxy groups -OCH3 is 1. The molecule has 0 amide bonds. The van der Waals surface area contributed by atoms with Crippen LogP contribution in [0.5, 0.6) is 5.75 Å². The van der Waals surface area contributed by atoms with E-state index < -0.39 is 11.9 Å². The summed E-state index contributed by atoms with van der Waals surface area (Å²) in [6, 6.07) is 3.20. The third-order valence-electron chi connectivity index (χ3n) is 2.20. The fraction of sp³-hybridized carbons (Fsp3) is 0.364. The van der Waals surface area contributed by atoms with Crippen LogP contribution in [-0.2, 0) is 0 Å². The molecule has 1 unspecified atom stereocenters. The number of hydrogen-bond acceptors (Lipinski definition) is 3. The van der Waals surface area contributed by atoms with Crippen molar-refractivity contribution in [3.05, 3.63) is 29.6 Å². The fourth-order valence-electron chi connectivity index (χ4n) is 1.26. The SMILES string of the molecule is CCC(N)C(=O)c1cc(F)ccc1OC.